The molecule has 31 heavy (non-hydrogen) atoms. The van der Waals surface area contributed by atoms with Gasteiger partial charge in [0.1, 0.15) is 0 Å². The van der Waals surface area contributed by atoms with Crippen LogP contribution in [0.1, 0.15) is 11.1 Å². The number of fused-ring (bicyclic) bond motifs is 1. The van der Waals surface area contributed by atoms with E-state index in [0.717, 1.165) is 11.1 Å². The van der Waals surface area contributed by atoms with Crippen molar-refractivity contribution < 1.29 is 13.2 Å². The van der Waals surface area contributed by atoms with Crippen LogP contribution in [0.5, 0.6) is 0 Å². The molecular weight excluding hydrogens is 477 g/mol. The lowest BCUT2D eigenvalue weighted by atomic mass is 10.1. The molecule has 2 heterocycles. The molecule has 164 valence electrons. The highest BCUT2D eigenvalue weighted by Crippen LogP contribution is 2.32. The van der Waals surface area contributed by atoms with E-state index in [4.69, 9.17) is 23.2 Å². The number of nitrogens with one attached hydrogen (secondary N) is 1. The van der Waals surface area contributed by atoms with Crippen molar-refractivity contribution in [3.63, 3.8) is 0 Å². The maximum atomic E-state index is 12.5. The molecule has 1 amide bonds. The Kier molecular flexibility index (Phi) is 6.53. The van der Waals surface area contributed by atoms with Crippen LogP contribution in [0.4, 0.5) is 5.69 Å². The maximum Gasteiger partial charge on any atom is 0.234 e. The number of carbonyl (C=O) groups excluding carboxylic acids is 1. The van der Waals surface area contributed by atoms with Gasteiger partial charge in [0.05, 0.1) is 29.3 Å². The molecule has 2 aliphatic heterocycles. The number of hydrogen-bond acceptors (Lipinski definition) is 6. The van der Waals surface area contributed by atoms with Crippen molar-refractivity contribution in [2.75, 3.05) is 22.6 Å². The molecule has 0 radical (unpaired) electrons. The molecule has 4 rings (SSSR count). The standard InChI is InChI=1S/C21H21Cl2N3O3S2/c1-13-16(23)3-2-4-17(13)24-20(27)10-30-21-25-18-11-31(28,29)12-19(18)26(21)9-14-5-7-15(22)8-6-14/h2-8,18-19H,9-12H2,1H3,(H,24,27)/t18-,19-/m1/s1. The van der Waals surface area contributed by atoms with Gasteiger partial charge < -0.3 is 10.2 Å². The maximum absolute atomic E-state index is 12.5. The fourth-order valence-electron chi connectivity index (χ4n) is 3.74. The Balaban J connectivity index is 1.46. The monoisotopic (exact) mass is 497 g/mol. The summed E-state index contributed by atoms with van der Waals surface area (Å²) in [5.41, 5.74) is 2.49. The lowest BCUT2D eigenvalue weighted by Gasteiger charge is -2.26. The van der Waals surface area contributed by atoms with Gasteiger partial charge in [-0.2, -0.15) is 0 Å². The van der Waals surface area contributed by atoms with E-state index in [-0.39, 0.29) is 35.2 Å². The van der Waals surface area contributed by atoms with Crippen molar-refractivity contribution in [1.29, 1.82) is 0 Å². The highest BCUT2D eigenvalue weighted by molar-refractivity contribution is 8.14. The number of nitrogens with zero attached hydrogens (tertiary/aromatic N) is 2. The first-order valence-corrected chi connectivity index (χ1v) is 13.3. The molecule has 2 atom stereocenters. The first-order chi connectivity index (χ1) is 14.7. The molecule has 0 unspecified atom stereocenters. The molecule has 2 aliphatic rings. The number of halogens is 2. The zero-order valence-electron chi connectivity index (χ0n) is 16.7. The highest BCUT2D eigenvalue weighted by atomic mass is 35.5. The molecular formula is C21H21Cl2N3O3S2. The van der Waals surface area contributed by atoms with E-state index in [1.807, 2.05) is 24.0 Å². The number of amides is 1. The Hall–Kier alpha value is -1.74. The Morgan fingerprint density at radius 3 is 2.68 bits per heavy atom. The van der Waals surface area contributed by atoms with Crippen molar-refractivity contribution in [2.24, 2.45) is 4.99 Å². The van der Waals surface area contributed by atoms with Gasteiger partial charge in [-0.1, -0.05) is 53.2 Å². The van der Waals surface area contributed by atoms with Gasteiger partial charge in [-0.15, -0.1) is 0 Å². The molecule has 2 aromatic carbocycles. The van der Waals surface area contributed by atoms with Crippen LogP contribution in [0.3, 0.4) is 0 Å². The van der Waals surface area contributed by atoms with Gasteiger partial charge in [0, 0.05) is 22.3 Å². The van der Waals surface area contributed by atoms with Crippen LogP contribution in [0.15, 0.2) is 47.5 Å². The van der Waals surface area contributed by atoms with E-state index in [2.05, 4.69) is 10.3 Å². The summed E-state index contributed by atoms with van der Waals surface area (Å²) < 4.78 is 24.3. The quantitative estimate of drug-likeness (QED) is 0.674. The Morgan fingerprint density at radius 2 is 1.94 bits per heavy atom. The van der Waals surface area contributed by atoms with Gasteiger partial charge in [0.25, 0.3) is 0 Å². The number of anilines is 1. The van der Waals surface area contributed by atoms with Crippen LogP contribution >= 0.6 is 35.0 Å². The molecule has 1 saturated heterocycles. The fraction of sp³-hybridized carbons (Fsp3) is 0.333. The summed E-state index contributed by atoms with van der Waals surface area (Å²) in [5, 5.41) is 4.81. The van der Waals surface area contributed by atoms with Gasteiger partial charge in [-0.3, -0.25) is 9.79 Å². The molecule has 0 spiro atoms. The van der Waals surface area contributed by atoms with E-state index in [1.54, 1.807) is 30.3 Å². The molecule has 10 heteroatoms. The van der Waals surface area contributed by atoms with Gasteiger partial charge in [0.2, 0.25) is 5.91 Å². The number of thioether (sulfide) groups is 1. The average Bonchev–Trinajstić information content (AvgIpc) is 3.17. The van der Waals surface area contributed by atoms with Crippen molar-refractivity contribution >= 4 is 61.6 Å². The number of rotatable bonds is 5. The van der Waals surface area contributed by atoms with Gasteiger partial charge in [-0.05, 0) is 42.3 Å². The second kappa shape index (κ2) is 9.02. The van der Waals surface area contributed by atoms with Crippen molar-refractivity contribution in [1.82, 2.24) is 4.90 Å². The van der Waals surface area contributed by atoms with Crippen molar-refractivity contribution in [3.05, 3.63) is 63.6 Å². The van der Waals surface area contributed by atoms with Crippen LogP contribution in [0.25, 0.3) is 0 Å². The average molecular weight is 498 g/mol. The van der Waals surface area contributed by atoms with E-state index in [1.165, 1.54) is 11.8 Å². The zero-order valence-corrected chi connectivity index (χ0v) is 19.9. The molecule has 0 bridgehead atoms. The minimum absolute atomic E-state index is 0.0484. The van der Waals surface area contributed by atoms with Crippen molar-refractivity contribution in [2.45, 2.75) is 25.6 Å². The van der Waals surface area contributed by atoms with Crippen LogP contribution in [-0.2, 0) is 21.2 Å². The summed E-state index contributed by atoms with van der Waals surface area (Å²) in [7, 11) is -3.11. The van der Waals surface area contributed by atoms with Crippen LogP contribution in [-0.4, -0.2) is 53.7 Å². The lowest BCUT2D eigenvalue weighted by Crippen LogP contribution is -2.38. The molecule has 0 saturated carbocycles. The number of hydrogen-bond donors (Lipinski definition) is 1. The minimum atomic E-state index is -3.11. The van der Waals surface area contributed by atoms with E-state index in [0.29, 0.717) is 27.4 Å². The summed E-state index contributed by atoms with van der Waals surface area (Å²) in [5.74, 6) is 0.113. The Bertz CT molecular complexity index is 1140. The number of benzene rings is 2. The SMILES string of the molecule is Cc1c(Cl)cccc1NC(=O)CSC1=N[C@@H]2CS(=O)(=O)C[C@H]2N1Cc1ccc(Cl)cc1. The van der Waals surface area contributed by atoms with E-state index in [9.17, 15) is 13.2 Å². The topological polar surface area (TPSA) is 78.8 Å². The Morgan fingerprint density at radius 1 is 1.19 bits per heavy atom. The molecule has 0 aromatic heterocycles. The summed E-state index contributed by atoms with van der Waals surface area (Å²) in [4.78, 5) is 19.2. The van der Waals surface area contributed by atoms with Crippen LogP contribution < -0.4 is 5.32 Å². The third-order valence-electron chi connectivity index (χ3n) is 5.36. The van der Waals surface area contributed by atoms with Crippen LogP contribution in [0, 0.1) is 6.92 Å². The molecule has 6 nitrogen and oxygen atoms in total. The third kappa shape index (κ3) is 5.19. The highest BCUT2D eigenvalue weighted by Gasteiger charge is 2.46. The summed E-state index contributed by atoms with van der Waals surface area (Å²) >= 11 is 13.4. The largest absolute Gasteiger partial charge is 0.341 e. The second-order valence-electron chi connectivity index (χ2n) is 7.63. The summed E-state index contributed by atoms with van der Waals surface area (Å²) in [6.45, 7) is 2.36. The molecule has 2 aromatic rings. The zero-order chi connectivity index (χ0) is 22.2. The number of amidine groups is 1. The van der Waals surface area contributed by atoms with E-state index >= 15 is 0 Å². The molecule has 0 aliphatic carbocycles. The Labute approximate surface area is 195 Å². The predicted molar refractivity (Wildman–Crippen MR) is 128 cm³/mol. The smallest absolute Gasteiger partial charge is 0.234 e. The minimum Gasteiger partial charge on any atom is -0.341 e. The summed E-state index contributed by atoms with van der Waals surface area (Å²) in [6, 6.07) is 12.3. The molecule has 1 fully saturated rings. The normalized spacial score (nSPS) is 21.6. The first kappa shape index (κ1) is 22.5. The second-order valence-corrected chi connectivity index (χ2v) is 11.6. The first-order valence-electron chi connectivity index (χ1n) is 9.69. The number of carbonyl (C=O) groups is 1. The van der Waals surface area contributed by atoms with Crippen LogP contribution in [0.2, 0.25) is 10.0 Å². The van der Waals surface area contributed by atoms with Crippen molar-refractivity contribution in [3.8, 4) is 0 Å². The van der Waals surface area contributed by atoms with Gasteiger partial charge >= 0.3 is 0 Å². The fourth-order valence-corrected chi connectivity index (χ4v) is 6.82. The number of sulfone groups is 1. The van der Waals surface area contributed by atoms with Gasteiger partial charge in [0.15, 0.2) is 15.0 Å². The van der Waals surface area contributed by atoms with Gasteiger partial charge in [-0.25, -0.2) is 8.42 Å². The van der Waals surface area contributed by atoms with E-state index < -0.39 is 9.84 Å². The summed E-state index contributed by atoms with van der Waals surface area (Å²) in [6.07, 6.45) is 0. The lowest BCUT2D eigenvalue weighted by molar-refractivity contribution is -0.113. The predicted octanol–water partition coefficient (Wildman–Crippen LogP) is 4.01. The molecule has 1 N–H and O–H groups in total. The number of aliphatic imine (C=N–C) groups is 1. The third-order valence-corrected chi connectivity index (χ3v) is 8.72.